The maximum absolute atomic E-state index is 11.6. The largest absolute Gasteiger partial charge is 0.399 e. The molecule has 3 rings (SSSR count). The summed E-state index contributed by atoms with van der Waals surface area (Å²) in [6.07, 6.45) is 0.270. The number of hydrogen-bond donors (Lipinski definition) is 3. The van der Waals surface area contributed by atoms with Crippen molar-refractivity contribution in [2.24, 2.45) is 5.73 Å². The first-order valence-electron chi connectivity index (χ1n) is 7.50. The van der Waals surface area contributed by atoms with Crippen molar-refractivity contribution in [3.63, 3.8) is 0 Å². The molecule has 0 bridgehead atoms. The number of carbonyl (C=O) groups is 1. The summed E-state index contributed by atoms with van der Waals surface area (Å²) in [5.74, 6) is -0.104. The predicted molar refractivity (Wildman–Crippen MR) is 90.4 cm³/mol. The molecule has 1 atom stereocenters. The van der Waals surface area contributed by atoms with Gasteiger partial charge in [-0.1, -0.05) is 26.0 Å². The van der Waals surface area contributed by atoms with Crippen LogP contribution in [0.3, 0.4) is 0 Å². The van der Waals surface area contributed by atoms with E-state index in [0.29, 0.717) is 5.69 Å². The van der Waals surface area contributed by atoms with Gasteiger partial charge >= 0.3 is 0 Å². The van der Waals surface area contributed by atoms with Gasteiger partial charge in [-0.05, 0) is 51.9 Å². The Morgan fingerprint density at radius 3 is 2.45 bits per heavy atom. The fourth-order valence-electron chi connectivity index (χ4n) is 3.59. The second-order valence-corrected chi connectivity index (χ2v) is 6.25. The molecule has 22 heavy (non-hydrogen) atoms. The molecular weight excluding hydrogens is 274 g/mol. The van der Waals surface area contributed by atoms with Gasteiger partial charge in [0.1, 0.15) is 0 Å². The topological polar surface area (TPSA) is 95.1 Å². The first kappa shape index (κ1) is 14.4. The Hall–Kier alpha value is -2.49. The molecule has 0 fully saturated rings. The zero-order valence-corrected chi connectivity index (χ0v) is 12.9. The quantitative estimate of drug-likeness (QED) is 0.760. The molecule has 6 N–H and O–H groups in total. The molecule has 0 aromatic heterocycles. The van der Waals surface area contributed by atoms with Crippen molar-refractivity contribution in [3.05, 3.63) is 47.0 Å². The SMILES string of the molecule is CC(C)c1c(N)ccc2c1C(CC(N)=O)c1cc(N)ccc1-2. The van der Waals surface area contributed by atoms with Crippen molar-refractivity contribution in [3.8, 4) is 11.1 Å². The van der Waals surface area contributed by atoms with Crippen LogP contribution in [-0.4, -0.2) is 5.91 Å². The number of benzene rings is 2. The van der Waals surface area contributed by atoms with Crippen LogP contribution < -0.4 is 17.2 Å². The van der Waals surface area contributed by atoms with E-state index in [2.05, 4.69) is 13.8 Å². The fraction of sp³-hybridized carbons (Fsp3) is 0.278. The number of anilines is 2. The molecule has 2 aromatic carbocycles. The van der Waals surface area contributed by atoms with E-state index in [4.69, 9.17) is 17.2 Å². The summed E-state index contributed by atoms with van der Waals surface area (Å²) in [6, 6.07) is 9.84. The highest BCUT2D eigenvalue weighted by Gasteiger charge is 2.33. The van der Waals surface area contributed by atoms with Crippen molar-refractivity contribution in [2.45, 2.75) is 32.1 Å². The van der Waals surface area contributed by atoms with Gasteiger partial charge in [-0.3, -0.25) is 4.79 Å². The Kier molecular flexibility index (Phi) is 3.32. The van der Waals surface area contributed by atoms with E-state index < -0.39 is 0 Å². The van der Waals surface area contributed by atoms with Crippen molar-refractivity contribution >= 4 is 17.3 Å². The second kappa shape index (κ2) is 5.05. The standard InChI is InChI=1S/C18H21N3O/c1-9(2)17-15(20)6-5-12-11-4-3-10(19)7-13(11)14(18(12)17)8-16(21)22/h3-7,9,14H,8,19-20H2,1-2H3,(H2,21,22). The highest BCUT2D eigenvalue weighted by molar-refractivity contribution is 5.87. The summed E-state index contributed by atoms with van der Waals surface area (Å²) < 4.78 is 0. The summed E-state index contributed by atoms with van der Waals surface area (Å²) in [6.45, 7) is 4.23. The molecular formula is C18H21N3O. The van der Waals surface area contributed by atoms with Gasteiger partial charge < -0.3 is 17.2 Å². The van der Waals surface area contributed by atoms with Crippen molar-refractivity contribution in [1.82, 2.24) is 0 Å². The van der Waals surface area contributed by atoms with E-state index in [0.717, 1.165) is 33.5 Å². The second-order valence-electron chi connectivity index (χ2n) is 6.25. The van der Waals surface area contributed by atoms with Crippen LogP contribution in [0.2, 0.25) is 0 Å². The third kappa shape index (κ3) is 2.11. The van der Waals surface area contributed by atoms with E-state index in [1.807, 2.05) is 30.3 Å². The van der Waals surface area contributed by atoms with Crippen LogP contribution in [0.25, 0.3) is 11.1 Å². The van der Waals surface area contributed by atoms with Crippen LogP contribution in [0.1, 0.15) is 48.8 Å². The fourth-order valence-corrected chi connectivity index (χ4v) is 3.59. The summed E-state index contributed by atoms with van der Waals surface area (Å²) in [4.78, 5) is 11.6. The van der Waals surface area contributed by atoms with Crippen LogP contribution in [0.15, 0.2) is 30.3 Å². The molecule has 1 aliphatic carbocycles. The molecule has 2 aromatic rings. The summed E-state index contributed by atoms with van der Waals surface area (Å²) >= 11 is 0. The van der Waals surface area contributed by atoms with Crippen LogP contribution >= 0.6 is 0 Å². The molecule has 1 amide bonds. The Labute approximate surface area is 130 Å². The van der Waals surface area contributed by atoms with Gasteiger partial charge in [-0.2, -0.15) is 0 Å². The molecule has 4 nitrogen and oxygen atoms in total. The van der Waals surface area contributed by atoms with E-state index in [-0.39, 0.29) is 24.2 Å². The smallest absolute Gasteiger partial charge is 0.218 e. The number of amides is 1. The third-order valence-corrected chi connectivity index (χ3v) is 4.39. The lowest BCUT2D eigenvalue weighted by Gasteiger charge is -2.20. The number of carbonyl (C=O) groups excluding carboxylic acids is 1. The third-order valence-electron chi connectivity index (χ3n) is 4.39. The maximum Gasteiger partial charge on any atom is 0.218 e. The summed E-state index contributed by atoms with van der Waals surface area (Å²) in [7, 11) is 0. The molecule has 0 heterocycles. The molecule has 114 valence electrons. The lowest BCUT2D eigenvalue weighted by Crippen LogP contribution is -2.16. The van der Waals surface area contributed by atoms with E-state index in [1.165, 1.54) is 0 Å². The maximum atomic E-state index is 11.6. The van der Waals surface area contributed by atoms with Gasteiger partial charge in [0, 0.05) is 23.7 Å². The number of fused-ring (bicyclic) bond motifs is 3. The summed E-state index contributed by atoms with van der Waals surface area (Å²) in [5, 5.41) is 0. The molecule has 4 heteroatoms. The van der Waals surface area contributed by atoms with Crippen LogP contribution in [0.4, 0.5) is 11.4 Å². The van der Waals surface area contributed by atoms with Crippen LogP contribution in [0, 0.1) is 0 Å². The lowest BCUT2D eigenvalue weighted by molar-refractivity contribution is -0.118. The van der Waals surface area contributed by atoms with Gasteiger partial charge in [-0.15, -0.1) is 0 Å². The minimum absolute atomic E-state index is 0.0631. The minimum atomic E-state index is -0.316. The zero-order valence-electron chi connectivity index (χ0n) is 12.9. The molecule has 1 aliphatic rings. The van der Waals surface area contributed by atoms with Gasteiger partial charge in [0.2, 0.25) is 5.91 Å². The van der Waals surface area contributed by atoms with Crippen LogP contribution in [-0.2, 0) is 4.79 Å². The average Bonchev–Trinajstić information content (AvgIpc) is 2.71. The normalized spacial score (nSPS) is 15.7. The Morgan fingerprint density at radius 2 is 1.82 bits per heavy atom. The zero-order chi connectivity index (χ0) is 16.0. The Morgan fingerprint density at radius 1 is 1.14 bits per heavy atom. The van der Waals surface area contributed by atoms with E-state index in [9.17, 15) is 4.79 Å². The first-order chi connectivity index (χ1) is 10.4. The van der Waals surface area contributed by atoms with Gasteiger partial charge in [0.25, 0.3) is 0 Å². The highest BCUT2D eigenvalue weighted by Crippen LogP contribution is 2.50. The van der Waals surface area contributed by atoms with Gasteiger partial charge in [0.15, 0.2) is 0 Å². The number of rotatable bonds is 3. The first-order valence-corrected chi connectivity index (χ1v) is 7.50. The number of nitrogens with two attached hydrogens (primary N) is 3. The predicted octanol–water partition coefficient (Wildman–Crippen LogP) is 2.96. The van der Waals surface area contributed by atoms with Crippen molar-refractivity contribution in [1.29, 1.82) is 0 Å². The monoisotopic (exact) mass is 295 g/mol. The van der Waals surface area contributed by atoms with Crippen molar-refractivity contribution < 1.29 is 4.79 Å². The number of hydrogen-bond acceptors (Lipinski definition) is 3. The molecule has 0 saturated heterocycles. The molecule has 0 radical (unpaired) electrons. The van der Waals surface area contributed by atoms with E-state index >= 15 is 0 Å². The Balaban J connectivity index is 2.31. The van der Waals surface area contributed by atoms with Gasteiger partial charge in [0.05, 0.1) is 0 Å². The van der Waals surface area contributed by atoms with Crippen molar-refractivity contribution in [2.75, 3.05) is 11.5 Å². The molecule has 1 unspecified atom stereocenters. The molecule has 0 aliphatic heterocycles. The summed E-state index contributed by atoms with van der Waals surface area (Å²) in [5.41, 5.74) is 24.7. The lowest BCUT2D eigenvalue weighted by atomic mass is 9.85. The van der Waals surface area contributed by atoms with Crippen LogP contribution in [0.5, 0.6) is 0 Å². The van der Waals surface area contributed by atoms with Gasteiger partial charge in [-0.25, -0.2) is 0 Å². The minimum Gasteiger partial charge on any atom is -0.399 e. The number of primary amides is 1. The highest BCUT2D eigenvalue weighted by atomic mass is 16.1. The average molecular weight is 295 g/mol. The molecule has 0 spiro atoms. The number of nitrogen functional groups attached to an aromatic ring is 2. The van der Waals surface area contributed by atoms with E-state index in [1.54, 1.807) is 0 Å². The molecule has 0 saturated carbocycles. The Bertz CT molecular complexity index is 765.